The fraction of sp³-hybridized carbons (Fsp3) is 0.385. The molecule has 0 radical (unpaired) electrons. The average molecular weight is 280 g/mol. The Balaban J connectivity index is 1.88. The molecule has 3 N–H and O–H groups in total. The number of imidazole rings is 1. The Morgan fingerprint density at radius 2 is 2.30 bits per heavy atom. The van der Waals surface area contributed by atoms with Crippen molar-refractivity contribution < 1.29 is 13.6 Å². The number of aromatic nitrogens is 2. The van der Waals surface area contributed by atoms with Gasteiger partial charge in [-0.25, -0.2) is 13.8 Å². The summed E-state index contributed by atoms with van der Waals surface area (Å²) in [7, 11) is 0. The van der Waals surface area contributed by atoms with Crippen LogP contribution in [-0.2, 0) is 0 Å². The first kappa shape index (κ1) is 13.0. The highest BCUT2D eigenvalue weighted by Crippen LogP contribution is 2.28. The molecule has 0 aliphatic carbocycles. The van der Waals surface area contributed by atoms with Gasteiger partial charge in [0.15, 0.2) is 0 Å². The van der Waals surface area contributed by atoms with Gasteiger partial charge >= 0.3 is 0 Å². The Morgan fingerprint density at radius 1 is 1.50 bits per heavy atom. The van der Waals surface area contributed by atoms with Gasteiger partial charge in [-0.05, 0) is 12.1 Å². The molecule has 1 saturated heterocycles. The number of amides is 1. The number of carbonyl (C=O) groups excluding carboxylic acids is 1. The van der Waals surface area contributed by atoms with Crippen LogP contribution in [-0.4, -0.2) is 45.8 Å². The molecule has 1 aromatic carbocycles. The minimum atomic E-state index is -2.91. The number of nitrogens with one attached hydrogen (secondary N) is 1. The van der Waals surface area contributed by atoms with Crippen LogP contribution in [0.5, 0.6) is 0 Å². The smallest absolute Gasteiger partial charge is 0.266 e. The first-order valence-corrected chi connectivity index (χ1v) is 6.34. The van der Waals surface area contributed by atoms with Crippen molar-refractivity contribution in [3.63, 3.8) is 0 Å². The molecule has 20 heavy (non-hydrogen) atoms. The average Bonchev–Trinajstić information content (AvgIpc) is 2.89. The predicted molar refractivity (Wildman–Crippen MR) is 69.5 cm³/mol. The first-order valence-electron chi connectivity index (χ1n) is 6.34. The van der Waals surface area contributed by atoms with Gasteiger partial charge in [-0.1, -0.05) is 6.07 Å². The summed E-state index contributed by atoms with van der Waals surface area (Å²) < 4.78 is 26.7. The normalized spacial score (nSPS) is 22.1. The molecular formula is C13H14F2N4O. The number of para-hydroxylation sites is 1. The van der Waals surface area contributed by atoms with E-state index in [1.165, 1.54) is 11.2 Å². The number of rotatable bonds is 1. The Kier molecular flexibility index (Phi) is 2.93. The molecule has 106 valence electrons. The van der Waals surface area contributed by atoms with Gasteiger partial charge in [0, 0.05) is 19.5 Å². The number of halogens is 2. The van der Waals surface area contributed by atoms with Gasteiger partial charge < -0.3 is 15.6 Å². The fourth-order valence-corrected chi connectivity index (χ4v) is 2.42. The second kappa shape index (κ2) is 4.52. The maximum atomic E-state index is 13.4. The molecule has 3 rings (SSSR count). The molecule has 1 aliphatic rings. The van der Waals surface area contributed by atoms with Crippen molar-refractivity contribution in [2.45, 2.75) is 18.4 Å². The first-order chi connectivity index (χ1) is 9.49. The van der Waals surface area contributed by atoms with Crippen LogP contribution in [0.2, 0.25) is 0 Å². The van der Waals surface area contributed by atoms with E-state index >= 15 is 0 Å². The van der Waals surface area contributed by atoms with Gasteiger partial charge in [-0.15, -0.1) is 0 Å². The molecule has 1 aliphatic heterocycles. The van der Waals surface area contributed by atoms with Crippen LogP contribution in [0.3, 0.4) is 0 Å². The summed E-state index contributed by atoms with van der Waals surface area (Å²) in [6.07, 6.45) is 1.09. The second-order valence-electron chi connectivity index (χ2n) is 4.97. The Hall–Kier alpha value is -2.02. The number of nitrogens with zero attached hydrogens (tertiary/aromatic N) is 2. The van der Waals surface area contributed by atoms with Crippen molar-refractivity contribution in [1.82, 2.24) is 14.9 Å². The van der Waals surface area contributed by atoms with Gasteiger partial charge in [0.25, 0.3) is 11.8 Å². The number of nitrogens with two attached hydrogens (primary N) is 1. The van der Waals surface area contributed by atoms with Gasteiger partial charge in [0.1, 0.15) is 5.52 Å². The van der Waals surface area contributed by atoms with E-state index in [2.05, 4.69) is 9.97 Å². The van der Waals surface area contributed by atoms with E-state index in [9.17, 15) is 13.6 Å². The minimum Gasteiger partial charge on any atom is -0.345 e. The SMILES string of the molecule is NC1CN(C(=O)c2cccc3[nH]cnc23)CCC1(F)F. The lowest BCUT2D eigenvalue weighted by Gasteiger charge is -2.36. The number of alkyl halides is 2. The Morgan fingerprint density at radius 3 is 3.05 bits per heavy atom. The van der Waals surface area contributed by atoms with Crippen molar-refractivity contribution in [2.24, 2.45) is 5.73 Å². The van der Waals surface area contributed by atoms with Crippen LogP contribution < -0.4 is 5.73 Å². The van der Waals surface area contributed by atoms with Crippen molar-refractivity contribution in [1.29, 1.82) is 0 Å². The van der Waals surface area contributed by atoms with E-state index in [0.29, 0.717) is 11.1 Å². The lowest BCUT2D eigenvalue weighted by Crippen LogP contribution is -2.56. The van der Waals surface area contributed by atoms with E-state index in [0.717, 1.165) is 5.52 Å². The van der Waals surface area contributed by atoms with Crippen LogP contribution >= 0.6 is 0 Å². The number of hydrogen-bond acceptors (Lipinski definition) is 3. The number of hydrogen-bond donors (Lipinski definition) is 2. The largest absolute Gasteiger partial charge is 0.345 e. The van der Waals surface area contributed by atoms with Gasteiger partial charge in [-0.3, -0.25) is 4.79 Å². The van der Waals surface area contributed by atoms with E-state index in [4.69, 9.17) is 5.73 Å². The molecule has 0 bridgehead atoms. The summed E-state index contributed by atoms with van der Waals surface area (Å²) in [5.41, 5.74) is 7.13. The zero-order valence-corrected chi connectivity index (χ0v) is 10.6. The summed E-state index contributed by atoms with van der Waals surface area (Å²) in [4.78, 5) is 20.8. The van der Waals surface area contributed by atoms with Crippen molar-refractivity contribution in [3.05, 3.63) is 30.1 Å². The summed E-state index contributed by atoms with van der Waals surface area (Å²) >= 11 is 0. The van der Waals surface area contributed by atoms with Crippen LogP contribution in [0, 0.1) is 0 Å². The third-order valence-corrected chi connectivity index (χ3v) is 3.64. The lowest BCUT2D eigenvalue weighted by atomic mass is 10.0. The molecule has 1 amide bonds. The number of carbonyl (C=O) groups is 1. The summed E-state index contributed by atoms with van der Waals surface area (Å²) in [5.74, 6) is -3.22. The number of aromatic amines is 1. The van der Waals surface area contributed by atoms with Crippen LogP contribution in [0.4, 0.5) is 8.78 Å². The summed E-state index contributed by atoms with van der Waals surface area (Å²) in [6.45, 7) is -0.146. The highest BCUT2D eigenvalue weighted by atomic mass is 19.3. The quantitative estimate of drug-likeness (QED) is 0.828. The molecule has 2 heterocycles. The molecule has 7 heteroatoms. The molecule has 0 saturated carbocycles. The van der Waals surface area contributed by atoms with Crippen molar-refractivity contribution in [3.8, 4) is 0 Å². The number of piperidine rings is 1. The lowest BCUT2D eigenvalue weighted by molar-refractivity contribution is -0.0662. The van der Waals surface area contributed by atoms with Crippen molar-refractivity contribution in [2.75, 3.05) is 13.1 Å². The summed E-state index contributed by atoms with van der Waals surface area (Å²) in [6, 6.07) is 3.85. The minimum absolute atomic E-state index is 0.000341. The van der Waals surface area contributed by atoms with Gasteiger partial charge in [0.2, 0.25) is 0 Å². The highest BCUT2D eigenvalue weighted by molar-refractivity contribution is 6.04. The zero-order valence-electron chi connectivity index (χ0n) is 10.6. The zero-order chi connectivity index (χ0) is 14.3. The maximum absolute atomic E-state index is 13.4. The van der Waals surface area contributed by atoms with E-state index in [1.807, 2.05) is 0 Å². The summed E-state index contributed by atoms with van der Waals surface area (Å²) in [5, 5.41) is 0. The molecule has 1 fully saturated rings. The number of likely N-dealkylation sites (tertiary alicyclic amines) is 1. The monoisotopic (exact) mass is 280 g/mol. The molecule has 0 spiro atoms. The molecule has 1 unspecified atom stereocenters. The van der Waals surface area contributed by atoms with E-state index in [1.54, 1.807) is 18.2 Å². The Labute approximate surface area is 113 Å². The van der Waals surface area contributed by atoms with Gasteiger partial charge in [-0.2, -0.15) is 0 Å². The van der Waals surface area contributed by atoms with Gasteiger partial charge in [0.05, 0.1) is 23.4 Å². The van der Waals surface area contributed by atoms with E-state index in [-0.39, 0.29) is 19.0 Å². The number of H-pyrrole nitrogens is 1. The predicted octanol–water partition coefficient (Wildman–Crippen LogP) is 1.37. The standard InChI is InChI=1S/C13H14F2N4O/c14-13(15)4-5-19(6-10(13)16)12(20)8-2-1-3-9-11(8)18-7-17-9/h1-3,7,10H,4-6,16H2,(H,17,18). The molecule has 5 nitrogen and oxygen atoms in total. The maximum Gasteiger partial charge on any atom is 0.266 e. The van der Waals surface area contributed by atoms with Crippen LogP contribution in [0.1, 0.15) is 16.8 Å². The topological polar surface area (TPSA) is 75.0 Å². The van der Waals surface area contributed by atoms with Crippen LogP contribution in [0.25, 0.3) is 11.0 Å². The second-order valence-corrected chi connectivity index (χ2v) is 4.97. The highest BCUT2D eigenvalue weighted by Gasteiger charge is 2.43. The fourth-order valence-electron chi connectivity index (χ4n) is 2.42. The number of benzene rings is 1. The van der Waals surface area contributed by atoms with E-state index < -0.39 is 18.4 Å². The number of fused-ring (bicyclic) bond motifs is 1. The van der Waals surface area contributed by atoms with Crippen molar-refractivity contribution >= 4 is 16.9 Å². The molecule has 2 aromatic rings. The molecule has 1 atom stereocenters. The molecule has 1 aromatic heterocycles. The molecular weight excluding hydrogens is 266 g/mol. The van der Waals surface area contributed by atoms with Crippen LogP contribution in [0.15, 0.2) is 24.5 Å². The third kappa shape index (κ3) is 2.03. The Bertz CT molecular complexity index is 655. The third-order valence-electron chi connectivity index (χ3n) is 3.64.